The van der Waals surface area contributed by atoms with Crippen molar-refractivity contribution in [3.05, 3.63) is 47.2 Å². The maximum absolute atomic E-state index is 12.8. The predicted molar refractivity (Wildman–Crippen MR) is 49.3 cm³/mol. The lowest BCUT2D eigenvalue weighted by Crippen LogP contribution is -2.03. The Balaban J connectivity index is 2.29. The van der Waals surface area contributed by atoms with Crippen LogP contribution in [0.15, 0.2) is 30.0 Å². The highest BCUT2D eigenvalue weighted by molar-refractivity contribution is 6.08. The Bertz CT molecular complexity index is 438. The van der Waals surface area contributed by atoms with Crippen molar-refractivity contribution in [2.24, 2.45) is 0 Å². The average molecular weight is 210 g/mol. The highest BCUT2D eigenvalue weighted by atomic mass is 19.2. The zero-order chi connectivity index (χ0) is 10.8. The average Bonchev–Trinajstić information content (AvgIpc) is 2.74. The molecule has 0 atom stereocenters. The van der Waals surface area contributed by atoms with Crippen molar-refractivity contribution in [3.63, 3.8) is 0 Å². The Morgan fingerprint density at radius 3 is 2.67 bits per heavy atom. The first-order chi connectivity index (χ1) is 7.18. The Morgan fingerprint density at radius 2 is 2.07 bits per heavy atom. The summed E-state index contributed by atoms with van der Waals surface area (Å²) in [4.78, 5) is 11.7. The molecular formula is C11H8F2O2. The molecule has 0 unspecified atom stereocenters. The Hall–Kier alpha value is -1.71. The number of hydrogen-bond donors (Lipinski definition) is 0. The van der Waals surface area contributed by atoms with Crippen molar-refractivity contribution in [2.75, 3.05) is 6.61 Å². The highest BCUT2D eigenvalue weighted by Gasteiger charge is 2.17. The smallest absolute Gasteiger partial charge is 0.192 e. The van der Waals surface area contributed by atoms with E-state index in [-0.39, 0.29) is 11.3 Å². The maximum atomic E-state index is 12.8. The van der Waals surface area contributed by atoms with E-state index in [1.54, 1.807) is 0 Å². The fourth-order valence-corrected chi connectivity index (χ4v) is 1.38. The third-order valence-electron chi connectivity index (χ3n) is 2.19. The number of carbonyl (C=O) groups excluding carboxylic acids is 1. The van der Waals surface area contributed by atoms with Gasteiger partial charge in [-0.25, -0.2) is 8.78 Å². The molecule has 0 bridgehead atoms. The van der Waals surface area contributed by atoms with Gasteiger partial charge in [0.25, 0.3) is 0 Å². The number of ether oxygens (including phenoxy) is 1. The van der Waals surface area contributed by atoms with E-state index in [0.717, 1.165) is 12.1 Å². The van der Waals surface area contributed by atoms with Crippen LogP contribution in [0.3, 0.4) is 0 Å². The van der Waals surface area contributed by atoms with E-state index in [9.17, 15) is 13.6 Å². The lowest BCUT2D eigenvalue weighted by Gasteiger charge is -2.00. The van der Waals surface area contributed by atoms with Gasteiger partial charge in [-0.05, 0) is 18.2 Å². The molecule has 1 aromatic carbocycles. The van der Waals surface area contributed by atoms with Crippen LogP contribution >= 0.6 is 0 Å². The monoisotopic (exact) mass is 210 g/mol. The molecule has 0 spiro atoms. The first-order valence-corrected chi connectivity index (χ1v) is 4.49. The largest absolute Gasteiger partial charge is 0.500 e. The van der Waals surface area contributed by atoms with E-state index in [1.807, 2.05) is 0 Å². The lowest BCUT2D eigenvalue weighted by atomic mass is 10.0. The molecule has 0 radical (unpaired) electrons. The van der Waals surface area contributed by atoms with Gasteiger partial charge in [-0.1, -0.05) is 0 Å². The van der Waals surface area contributed by atoms with Crippen molar-refractivity contribution in [3.8, 4) is 0 Å². The minimum absolute atomic E-state index is 0.144. The van der Waals surface area contributed by atoms with Crippen molar-refractivity contribution in [2.45, 2.75) is 6.42 Å². The second-order valence-corrected chi connectivity index (χ2v) is 3.22. The van der Waals surface area contributed by atoms with Crippen LogP contribution in [0.1, 0.15) is 16.8 Å². The van der Waals surface area contributed by atoms with Gasteiger partial charge in [0.15, 0.2) is 17.4 Å². The molecule has 2 nitrogen and oxygen atoms in total. The summed E-state index contributed by atoms with van der Waals surface area (Å²) in [7, 11) is 0. The molecule has 0 saturated heterocycles. The van der Waals surface area contributed by atoms with E-state index in [2.05, 4.69) is 0 Å². The number of benzene rings is 1. The Kier molecular flexibility index (Phi) is 2.49. The molecule has 0 aliphatic carbocycles. The Labute approximate surface area is 85.2 Å². The molecule has 15 heavy (non-hydrogen) atoms. The molecule has 4 heteroatoms. The quantitative estimate of drug-likeness (QED) is 0.701. The second kappa shape index (κ2) is 3.81. The minimum atomic E-state index is -1.01. The predicted octanol–water partition coefficient (Wildman–Crippen LogP) is 2.45. The summed E-state index contributed by atoms with van der Waals surface area (Å²) >= 11 is 0. The number of hydrogen-bond acceptors (Lipinski definition) is 2. The van der Waals surface area contributed by atoms with Crippen molar-refractivity contribution >= 4 is 5.78 Å². The topological polar surface area (TPSA) is 26.3 Å². The van der Waals surface area contributed by atoms with Crippen LogP contribution in [-0.2, 0) is 4.74 Å². The molecule has 1 aliphatic rings. The van der Waals surface area contributed by atoms with Crippen LogP contribution in [0, 0.1) is 11.6 Å². The molecule has 0 saturated carbocycles. The number of rotatable bonds is 2. The zero-order valence-corrected chi connectivity index (χ0v) is 7.80. The van der Waals surface area contributed by atoms with Crippen molar-refractivity contribution < 1.29 is 18.3 Å². The molecule has 2 rings (SSSR count). The van der Waals surface area contributed by atoms with E-state index in [4.69, 9.17) is 4.74 Å². The molecule has 0 fully saturated rings. The fraction of sp³-hybridized carbons (Fsp3) is 0.182. The zero-order valence-electron chi connectivity index (χ0n) is 7.80. The third kappa shape index (κ3) is 1.88. The number of Topliss-reactive ketones (excluding diaryl/α,β-unsaturated/α-hetero) is 1. The molecule has 0 amide bonds. The summed E-state index contributed by atoms with van der Waals surface area (Å²) in [6.45, 7) is 0.463. The SMILES string of the molecule is O=C(C1=COCC1)c1ccc(F)c(F)c1. The van der Waals surface area contributed by atoms with E-state index in [0.29, 0.717) is 18.6 Å². The van der Waals surface area contributed by atoms with Gasteiger partial charge in [-0.15, -0.1) is 0 Å². The second-order valence-electron chi connectivity index (χ2n) is 3.22. The first kappa shape index (κ1) is 9.83. The van der Waals surface area contributed by atoms with Crippen LogP contribution in [0.4, 0.5) is 8.78 Å². The number of halogens is 2. The molecule has 0 aromatic heterocycles. The highest BCUT2D eigenvalue weighted by Crippen LogP contribution is 2.18. The van der Waals surface area contributed by atoms with Gasteiger partial charge in [0.1, 0.15) is 0 Å². The van der Waals surface area contributed by atoms with E-state index < -0.39 is 11.6 Å². The first-order valence-electron chi connectivity index (χ1n) is 4.49. The number of ketones is 1. The number of carbonyl (C=O) groups is 1. The van der Waals surface area contributed by atoms with E-state index >= 15 is 0 Å². The third-order valence-corrected chi connectivity index (χ3v) is 2.19. The van der Waals surface area contributed by atoms with Gasteiger partial charge in [-0.3, -0.25) is 4.79 Å². The summed E-state index contributed by atoms with van der Waals surface area (Å²) < 4.78 is 30.4. The van der Waals surface area contributed by atoms with Crippen LogP contribution in [0.5, 0.6) is 0 Å². The van der Waals surface area contributed by atoms with Crippen LogP contribution in [0.25, 0.3) is 0 Å². The van der Waals surface area contributed by atoms with Gasteiger partial charge in [-0.2, -0.15) is 0 Å². The summed E-state index contributed by atoms with van der Waals surface area (Å²) in [5, 5.41) is 0. The molecular weight excluding hydrogens is 202 g/mol. The molecule has 1 aliphatic heterocycles. The van der Waals surface area contributed by atoms with Gasteiger partial charge < -0.3 is 4.74 Å². The Morgan fingerprint density at radius 1 is 1.27 bits per heavy atom. The maximum Gasteiger partial charge on any atom is 0.192 e. The van der Waals surface area contributed by atoms with Gasteiger partial charge in [0.05, 0.1) is 12.9 Å². The van der Waals surface area contributed by atoms with Crippen LogP contribution in [-0.4, -0.2) is 12.4 Å². The standard InChI is InChI=1S/C11H8F2O2/c12-9-2-1-7(5-10(9)13)11(14)8-3-4-15-6-8/h1-2,5-6H,3-4H2. The summed E-state index contributed by atoms with van der Waals surface area (Å²) in [6, 6.07) is 3.11. The fourth-order valence-electron chi connectivity index (χ4n) is 1.38. The normalized spacial score (nSPS) is 14.7. The van der Waals surface area contributed by atoms with Gasteiger partial charge in [0.2, 0.25) is 0 Å². The molecule has 1 heterocycles. The van der Waals surface area contributed by atoms with Crippen molar-refractivity contribution in [1.82, 2.24) is 0 Å². The van der Waals surface area contributed by atoms with Crippen LogP contribution < -0.4 is 0 Å². The molecule has 78 valence electrons. The van der Waals surface area contributed by atoms with Crippen LogP contribution in [0.2, 0.25) is 0 Å². The minimum Gasteiger partial charge on any atom is -0.500 e. The summed E-state index contributed by atoms with van der Waals surface area (Å²) in [5.41, 5.74) is 0.631. The summed E-state index contributed by atoms with van der Waals surface area (Å²) in [5.74, 6) is -2.28. The van der Waals surface area contributed by atoms with Gasteiger partial charge >= 0.3 is 0 Å². The lowest BCUT2D eigenvalue weighted by molar-refractivity contribution is 0.103. The van der Waals surface area contributed by atoms with Gasteiger partial charge in [0, 0.05) is 17.6 Å². The summed E-state index contributed by atoms with van der Waals surface area (Å²) in [6.07, 6.45) is 1.88. The van der Waals surface area contributed by atoms with Crippen molar-refractivity contribution in [1.29, 1.82) is 0 Å². The van der Waals surface area contributed by atoms with E-state index in [1.165, 1.54) is 12.3 Å². The molecule has 0 N–H and O–H groups in total. The molecule has 1 aromatic rings.